The molecule has 2 aromatic rings. The molecule has 1 aliphatic heterocycles. The number of hydrogen-bond acceptors (Lipinski definition) is 4. The van der Waals surface area contributed by atoms with Gasteiger partial charge in [-0.05, 0) is 67.9 Å². The number of anilines is 2. The summed E-state index contributed by atoms with van der Waals surface area (Å²) in [5.41, 5.74) is 1.07. The maximum absolute atomic E-state index is 5.10. The van der Waals surface area contributed by atoms with Crippen LogP contribution in [0.15, 0.2) is 24.3 Å². The van der Waals surface area contributed by atoms with Gasteiger partial charge in [0.25, 0.3) is 0 Å². The molecule has 0 spiro atoms. The van der Waals surface area contributed by atoms with Gasteiger partial charge in [-0.25, -0.2) is 4.98 Å². The molecule has 0 unspecified atom stereocenters. The number of hydrogen-bond donors (Lipinski definition) is 2. The first-order chi connectivity index (χ1) is 13.7. The molecule has 28 heavy (non-hydrogen) atoms. The summed E-state index contributed by atoms with van der Waals surface area (Å²) in [6.45, 7) is 4.41. The van der Waals surface area contributed by atoms with Crippen molar-refractivity contribution >= 4 is 22.7 Å². The SMILES string of the molecule is C[NH+]1CCN(c2nc(NC3C4CC5CC(C4)CC3C5)c3ccccc3n2)CC1. The molecular formula is C23H32N5+. The van der Waals surface area contributed by atoms with Crippen LogP contribution in [0.4, 0.5) is 11.8 Å². The molecule has 1 aromatic heterocycles. The Labute approximate surface area is 167 Å². The molecule has 4 aliphatic carbocycles. The minimum Gasteiger partial charge on any atom is -0.366 e. The molecule has 0 amide bonds. The number of likely N-dealkylation sites (N-methyl/N-ethyl adjacent to an activating group) is 1. The number of para-hydroxylation sites is 1. The van der Waals surface area contributed by atoms with Crippen molar-refractivity contribution in [2.75, 3.05) is 43.4 Å². The molecule has 148 valence electrons. The molecule has 5 fully saturated rings. The number of piperazine rings is 1. The molecule has 4 bridgehead atoms. The molecule has 2 heterocycles. The highest BCUT2D eigenvalue weighted by atomic mass is 15.3. The number of benzene rings is 1. The standard InChI is InChI=1S/C23H31N5/c1-27-6-8-28(9-7-27)23-24-20-5-3-2-4-19(20)22(26-23)25-21-17-11-15-10-16(13-17)14-18(21)12-15/h2-5,15-18,21H,6-14H2,1H3,(H,24,25,26)/p+1. The average molecular weight is 379 g/mol. The van der Waals surface area contributed by atoms with Crippen LogP contribution < -0.4 is 15.1 Å². The summed E-state index contributed by atoms with van der Waals surface area (Å²) in [4.78, 5) is 14.0. The maximum Gasteiger partial charge on any atom is 0.228 e. The van der Waals surface area contributed by atoms with Gasteiger partial charge < -0.3 is 15.1 Å². The van der Waals surface area contributed by atoms with Crippen molar-refractivity contribution in [2.45, 2.75) is 38.1 Å². The maximum atomic E-state index is 5.10. The first-order valence-electron chi connectivity index (χ1n) is 11.3. The average Bonchev–Trinajstić information content (AvgIpc) is 2.70. The van der Waals surface area contributed by atoms with E-state index in [0.29, 0.717) is 6.04 Å². The van der Waals surface area contributed by atoms with Crippen molar-refractivity contribution in [3.05, 3.63) is 24.3 Å². The fourth-order valence-electron chi connectivity index (χ4n) is 6.72. The summed E-state index contributed by atoms with van der Waals surface area (Å²) in [6, 6.07) is 9.15. The van der Waals surface area contributed by atoms with Crippen molar-refractivity contribution in [1.82, 2.24) is 9.97 Å². The van der Waals surface area contributed by atoms with Crippen molar-refractivity contribution < 1.29 is 4.90 Å². The lowest BCUT2D eigenvalue weighted by Crippen LogP contribution is -3.12. The highest BCUT2D eigenvalue weighted by Gasteiger charge is 2.48. The Balaban J connectivity index is 1.34. The second kappa shape index (κ2) is 6.58. The predicted octanol–water partition coefficient (Wildman–Crippen LogP) is 2.20. The van der Waals surface area contributed by atoms with Crippen LogP contribution in [0.25, 0.3) is 10.9 Å². The fraction of sp³-hybridized carbons (Fsp3) is 0.652. The number of nitrogens with zero attached hydrogens (tertiary/aromatic N) is 3. The van der Waals surface area contributed by atoms with E-state index in [2.05, 4.69) is 41.5 Å². The second-order valence-corrected chi connectivity index (χ2v) is 9.93. The van der Waals surface area contributed by atoms with Gasteiger partial charge in [-0.2, -0.15) is 4.98 Å². The van der Waals surface area contributed by atoms with E-state index in [-0.39, 0.29) is 0 Å². The fourth-order valence-corrected chi connectivity index (χ4v) is 6.72. The lowest BCUT2D eigenvalue weighted by Gasteiger charge is -2.54. The van der Waals surface area contributed by atoms with Gasteiger partial charge in [0.1, 0.15) is 5.82 Å². The Bertz CT molecular complexity index is 844. The zero-order valence-corrected chi connectivity index (χ0v) is 16.9. The highest BCUT2D eigenvalue weighted by Crippen LogP contribution is 2.54. The highest BCUT2D eigenvalue weighted by molar-refractivity contribution is 5.90. The van der Waals surface area contributed by atoms with Gasteiger partial charge in [0.15, 0.2) is 0 Å². The number of rotatable bonds is 3. The van der Waals surface area contributed by atoms with Gasteiger partial charge in [0.05, 0.1) is 38.7 Å². The predicted molar refractivity (Wildman–Crippen MR) is 113 cm³/mol. The number of nitrogens with one attached hydrogen (secondary N) is 2. The lowest BCUT2D eigenvalue weighted by atomic mass is 9.54. The normalized spacial score (nSPS) is 34.9. The Morgan fingerprint density at radius 1 is 0.929 bits per heavy atom. The summed E-state index contributed by atoms with van der Waals surface area (Å²) in [6.07, 6.45) is 7.23. The van der Waals surface area contributed by atoms with E-state index in [1.165, 1.54) is 37.5 Å². The molecule has 5 nitrogen and oxygen atoms in total. The summed E-state index contributed by atoms with van der Waals surface area (Å²) < 4.78 is 0. The van der Waals surface area contributed by atoms with Crippen LogP contribution in [0.3, 0.4) is 0 Å². The molecular weight excluding hydrogens is 346 g/mol. The summed E-state index contributed by atoms with van der Waals surface area (Å²) in [5, 5.41) is 5.15. The topological polar surface area (TPSA) is 45.5 Å². The van der Waals surface area contributed by atoms with E-state index in [4.69, 9.17) is 9.97 Å². The largest absolute Gasteiger partial charge is 0.366 e. The van der Waals surface area contributed by atoms with Gasteiger partial charge in [-0.1, -0.05) is 12.1 Å². The van der Waals surface area contributed by atoms with Crippen LogP contribution in [0.1, 0.15) is 32.1 Å². The van der Waals surface area contributed by atoms with Gasteiger partial charge in [-0.15, -0.1) is 0 Å². The summed E-state index contributed by atoms with van der Waals surface area (Å²) >= 11 is 0. The number of fused-ring (bicyclic) bond motifs is 1. The van der Waals surface area contributed by atoms with Crippen molar-refractivity contribution in [1.29, 1.82) is 0 Å². The molecule has 2 N–H and O–H groups in total. The first kappa shape index (κ1) is 17.0. The van der Waals surface area contributed by atoms with E-state index in [0.717, 1.165) is 67.1 Å². The van der Waals surface area contributed by atoms with Crippen molar-refractivity contribution in [3.8, 4) is 0 Å². The van der Waals surface area contributed by atoms with Crippen LogP contribution in [0.5, 0.6) is 0 Å². The molecule has 0 radical (unpaired) electrons. The molecule has 0 atom stereocenters. The molecule has 7 rings (SSSR count). The van der Waals surface area contributed by atoms with Crippen LogP contribution >= 0.6 is 0 Å². The van der Waals surface area contributed by atoms with Gasteiger partial charge in [0.2, 0.25) is 5.95 Å². The number of quaternary nitrogens is 1. The molecule has 1 aromatic carbocycles. The van der Waals surface area contributed by atoms with Crippen LogP contribution in [-0.2, 0) is 0 Å². The van der Waals surface area contributed by atoms with E-state index in [1.54, 1.807) is 4.90 Å². The Hall–Kier alpha value is -1.88. The monoisotopic (exact) mass is 378 g/mol. The van der Waals surface area contributed by atoms with Gasteiger partial charge in [-0.3, -0.25) is 0 Å². The molecule has 5 aliphatic rings. The van der Waals surface area contributed by atoms with Crippen molar-refractivity contribution in [2.24, 2.45) is 23.7 Å². The lowest BCUT2D eigenvalue weighted by molar-refractivity contribution is -0.880. The van der Waals surface area contributed by atoms with Gasteiger partial charge >= 0.3 is 0 Å². The van der Waals surface area contributed by atoms with E-state index in [1.807, 2.05) is 0 Å². The van der Waals surface area contributed by atoms with Crippen molar-refractivity contribution in [3.63, 3.8) is 0 Å². The minimum absolute atomic E-state index is 0.607. The molecule has 4 saturated carbocycles. The zero-order valence-electron chi connectivity index (χ0n) is 16.9. The smallest absolute Gasteiger partial charge is 0.228 e. The second-order valence-electron chi connectivity index (χ2n) is 9.93. The number of aromatic nitrogens is 2. The van der Waals surface area contributed by atoms with Crippen LogP contribution in [0.2, 0.25) is 0 Å². The quantitative estimate of drug-likeness (QED) is 0.860. The third-order valence-electron chi connectivity index (χ3n) is 8.02. The van der Waals surface area contributed by atoms with E-state index < -0.39 is 0 Å². The summed E-state index contributed by atoms with van der Waals surface area (Å²) in [5.74, 6) is 5.69. The molecule has 5 heteroatoms. The molecule has 1 saturated heterocycles. The van der Waals surface area contributed by atoms with Crippen LogP contribution in [0, 0.1) is 23.7 Å². The summed E-state index contributed by atoms with van der Waals surface area (Å²) in [7, 11) is 2.28. The third kappa shape index (κ3) is 2.86. The Morgan fingerprint density at radius 2 is 1.61 bits per heavy atom. The zero-order chi connectivity index (χ0) is 18.7. The van der Waals surface area contributed by atoms with Gasteiger partial charge in [0, 0.05) is 11.4 Å². The van der Waals surface area contributed by atoms with Crippen LogP contribution in [-0.4, -0.2) is 49.2 Å². The van der Waals surface area contributed by atoms with E-state index >= 15 is 0 Å². The Kier molecular flexibility index (Phi) is 4.00. The minimum atomic E-state index is 0.607. The first-order valence-corrected chi connectivity index (χ1v) is 11.3. The van der Waals surface area contributed by atoms with E-state index in [9.17, 15) is 0 Å². The Morgan fingerprint density at radius 3 is 2.32 bits per heavy atom. The third-order valence-corrected chi connectivity index (χ3v) is 8.02.